The quantitative estimate of drug-likeness (QED) is 0.714. The zero-order chi connectivity index (χ0) is 20.9. The number of carbonyl (C=O) groups is 1. The van der Waals surface area contributed by atoms with Gasteiger partial charge < -0.3 is 4.57 Å². The fourth-order valence-electron chi connectivity index (χ4n) is 3.41. The number of amidine groups is 2. The average molecular weight is 424 g/mol. The number of benzene rings is 1. The van der Waals surface area contributed by atoms with Crippen LogP contribution in [0.2, 0.25) is 0 Å². The molecule has 0 spiro atoms. The van der Waals surface area contributed by atoms with Gasteiger partial charge in [0.05, 0.1) is 5.57 Å². The molecular formula is C21H21N5OS2. The van der Waals surface area contributed by atoms with Crippen molar-refractivity contribution in [2.75, 3.05) is 6.26 Å². The molecule has 2 aliphatic heterocycles. The number of amides is 1. The van der Waals surface area contributed by atoms with E-state index in [4.69, 9.17) is 5.41 Å². The van der Waals surface area contributed by atoms with Crippen molar-refractivity contribution in [2.24, 2.45) is 10.1 Å². The largest absolute Gasteiger partial charge is 0.318 e. The number of hydrogen-bond donors (Lipinski definition) is 1. The zero-order valence-corrected chi connectivity index (χ0v) is 18.5. The number of rotatable bonds is 2. The van der Waals surface area contributed by atoms with Gasteiger partial charge in [0, 0.05) is 17.1 Å². The van der Waals surface area contributed by atoms with Gasteiger partial charge >= 0.3 is 0 Å². The van der Waals surface area contributed by atoms with Crippen LogP contribution in [0.3, 0.4) is 0 Å². The molecule has 8 heteroatoms. The van der Waals surface area contributed by atoms with Crippen molar-refractivity contribution in [1.29, 1.82) is 5.41 Å². The van der Waals surface area contributed by atoms with Gasteiger partial charge in [0.25, 0.3) is 5.91 Å². The van der Waals surface area contributed by atoms with Crippen LogP contribution in [0, 0.1) is 33.1 Å². The van der Waals surface area contributed by atoms with E-state index < -0.39 is 5.91 Å². The summed E-state index contributed by atoms with van der Waals surface area (Å²) in [6.07, 6.45) is 3.66. The number of thioether (sulfide) groups is 2. The van der Waals surface area contributed by atoms with E-state index in [-0.39, 0.29) is 11.4 Å². The number of nitrogens with one attached hydrogen (secondary N) is 1. The van der Waals surface area contributed by atoms with Crippen LogP contribution < -0.4 is 0 Å². The highest BCUT2D eigenvalue weighted by Gasteiger charge is 2.35. The zero-order valence-electron chi connectivity index (χ0n) is 16.9. The number of aryl methyl sites for hydroxylation is 3. The lowest BCUT2D eigenvalue weighted by Gasteiger charge is -2.20. The highest BCUT2D eigenvalue weighted by atomic mass is 32.2. The molecule has 0 aliphatic carbocycles. The maximum absolute atomic E-state index is 12.6. The molecule has 0 radical (unpaired) electrons. The van der Waals surface area contributed by atoms with Gasteiger partial charge in [-0.05, 0) is 86.7 Å². The van der Waals surface area contributed by atoms with Gasteiger partial charge in [0.2, 0.25) is 5.17 Å². The molecular weight excluding hydrogens is 402 g/mol. The lowest BCUT2D eigenvalue weighted by atomic mass is 10.1. The number of fused-ring (bicyclic) bond motifs is 1. The first-order valence-electron chi connectivity index (χ1n) is 9.11. The molecule has 0 fully saturated rings. The Kier molecular flexibility index (Phi) is 5.00. The monoisotopic (exact) mass is 423 g/mol. The molecule has 0 bridgehead atoms. The maximum Gasteiger partial charge on any atom is 0.283 e. The van der Waals surface area contributed by atoms with Crippen LogP contribution in [0.4, 0.5) is 0 Å². The molecule has 0 unspecified atom stereocenters. The third kappa shape index (κ3) is 3.36. The van der Waals surface area contributed by atoms with Crippen LogP contribution in [0.5, 0.6) is 0 Å². The Labute approximate surface area is 178 Å². The standard InChI is InChI=1S/C21H21N5OS2/c1-11-6-7-16(8-12(11)2)25-13(3)9-15(14(25)4)10-17-18(22)26-20(23-19(17)27)29-21(24-26)28-5/h6-10,22H,1-5H3/b17-10-,22-18?. The smallest absolute Gasteiger partial charge is 0.283 e. The summed E-state index contributed by atoms with van der Waals surface area (Å²) in [6.45, 7) is 8.27. The fourth-order valence-corrected chi connectivity index (χ4v) is 4.75. The van der Waals surface area contributed by atoms with Gasteiger partial charge in [-0.25, -0.2) is 0 Å². The molecule has 0 saturated heterocycles. The van der Waals surface area contributed by atoms with Crippen molar-refractivity contribution < 1.29 is 4.79 Å². The summed E-state index contributed by atoms with van der Waals surface area (Å²) >= 11 is 2.79. The Morgan fingerprint density at radius 3 is 2.59 bits per heavy atom. The summed E-state index contributed by atoms with van der Waals surface area (Å²) in [5.41, 5.74) is 6.79. The molecule has 0 saturated carbocycles. The van der Waals surface area contributed by atoms with Crippen molar-refractivity contribution in [3.05, 3.63) is 57.9 Å². The van der Waals surface area contributed by atoms with Crippen LogP contribution in [0.15, 0.2) is 39.9 Å². The molecule has 2 aromatic rings. The molecule has 0 atom stereocenters. The average Bonchev–Trinajstić information content (AvgIpc) is 3.21. The Morgan fingerprint density at radius 1 is 1.14 bits per heavy atom. The summed E-state index contributed by atoms with van der Waals surface area (Å²) in [6, 6.07) is 8.41. The number of aliphatic imine (C=N–C) groups is 1. The Hall–Kier alpha value is -2.58. The predicted octanol–water partition coefficient (Wildman–Crippen LogP) is 4.65. The number of aromatic nitrogens is 1. The first-order chi connectivity index (χ1) is 13.8. The summed E-state index contributed by atoms with van der Waals surface area (Å²) in [5, 5.41) is 14.7. The topological polar surface area (TPSA) is 73.8 Å². The van der Waals surface area contributed by atoms with Crippen molar-refractivity contribution >= 4 is 50.9 Å². The van der Waals surface area contributed by atoms with Gasteiger partial charge in [-0.1, -0.05) is 6.07 Å². The first-order valence-corrected chi connectivity index (χ1v) is 11.1. The van der Waals surface area contributed by atoms with E-state index in [1.165, 1.54) is 39.7 Å². The molecule has 148 valence electrons. The Bertz CT molecular complexity index is 1160. The molecule has 2 aliphatic rings. The molecule has 3 heterocycles. The van der Waals surface area contributed by atoms with Crippen molar-refractivity contribution in [3.8, 4) is 5.69 Å². The van der Waals surface area contributed by atoms with Crippen LogP contribution in [0.25, 0.3) is 11.8 Å². The molecule has 29 heavy (non-hydrogen) atoms. The van der Waals surface area contributed by atoms with Gasteiger partial charge in [0.15, 0.2) is 10.2 Å². The summed E-state index contributed by atoms with van der Waals surface area (Å²) < 4.78 is 2.94. The highest BCUT2D eigenvalue weighted by molar-refractivity contribution is 8.45. The van der Waals surface area contributed by atoms with Gasteiger partial charge in [-0.2, -0.15) is 10.0 Å². The Morgan fingerprint density at radius 2 is 1.90 bits per heavy atom. The minimum Gasteiger partial charge on any atom is -0.318 e. The van der Waals surface area contributed by atoms with Gasteiger partial charge in [0.1, 0.15) is 0 Å². The van der Waals surface area contributed by atoms with Crippen LogP contribution in [0.1, 0.15) is 28.1 Å². The number of hydrogen-bond acceptors (Lipinski definition) is 5. The normalized spacial score (nSPS) is 17.7. The van der Waals surface area contributed by atoms with E-state index in [2.05, 4.69) is 46.7 Å². The van der Waals surface area contributed by atoms with Gasteiger partial charge in [-0.15, -0.1) is 16.9 Å². The fraction of sp³-hybridized carbons (Fsp3) is 0.238. The van der Waals surface area contributed by atoms with E-state index >= 15 is 0 Å². The molecule has 1 aromatic carbocycles. The summed E-state index contributed by atoms with van der Waals surface area (Å²) in [4.78, 5) is 16.7. The van der Waals surface area contributed by atoms with E-state index in [0.29, 0.717) is 5.17 Å². The summed E-state index contributed by atoms with van der Waals surface area (Å²) in [5.74, 6) is -0.338. The van der Waals surface area contributed by atoms with Gasteiger partial charge in [-0.3, -0.25) is 10.2 Å². The molecule has 1 aromatic heterocycles. The van der Waals surface area contributed by atoms with E-state index in [1.54, 1.807) is 6.08 Å². The molecule has 6 nitrogen and oxygen atoms in total. The van der Waals surface area contributed by atoms with Crippen LogP contribution in [-0.4, -0.2) is 37.1 Å². The number of hydrazone groups is 1. The number of nitrogens with zero attached hydrogens (tertiary/aromatic N) is 4. The molecule has 1 amide bonds. The van der Waals surface area contributed by atoms with Crippen LogP contribution in [-0.2, 0) is 4.79 Å². The van der Waals surface area contributed by atoms with Crippen molar-refractivity contribution in [2.45, 2.75) is 27.7 Å². The second kappa shape index (κ2) is 7.35. The van der Waals surface area contributed by atoms with E-state index in [1.807, 2.05) is 26.2 Å². The summed E-state index contributed by atoms with van der Waals surface area (Å²) in [7, 11) is 0. The second-order valence-electron chi connectivity index (χ2n) is 7.02. The maximum atomic E-state index is 12.6. The minimum absolute atomic E-state index is 0.0625. The third-order valence-electron chi connectivity index (χ3n) is 5.13. The lowest BCUT2D eigenvalue weighted by molar-refractivity contribution is -0.114. The SMILES string of the molecule is CSC1=NN2C(=N)/C(=C/c3cc(C)n(-c4ccc(C)c(C)c4)c3C)C(=O)N=C2S1. The van der Waals surface area contributed by atoms with E-state index in [0.717, 1.165) is 27.0 Å². The van der Waals surface area contributed by atoms with Crippen molar-refractivity contribution in [1.82, 2.24) is 9.58 Å². The second-order valence-corrected chi connectivity index (χ2v) is 9.03. The molecule has 1 N–H and O–H groups in total. The van der Waals surface area contributed by atoms with Crippen LogP contribution >= 0.6 is 23.5 Å². The lowest BCUT2D eigenvalue weighted by Crippen LogP contribution is -2.35. The van der Waals surface area contributed by atoms with E-state index in [9.17, 15) is 4.79 Å². The molecule has 4 rings (SSSR count). The first kappa shape index (κ1) is 19.7. The minimum atomic E-state index is -0.401. The van der Waals surface area contributed by atoms with Crippen molar-refractivity contribution in [3.63, 3.8) is 0 Å². The third-order valence-corrected chi connectivity index (χ3v) is 7.01. The Balaban J connectivity index is 1.76. The highest BCUT2D eigenvalue weighted by Crippen LogP contribution is 2.32. The predicted molar refractivity (Wildman–Crippen MR) is 123 cm³/mol. The number of carbonyl (C=O) groups excluding carboxylic acids is 1.